The molecule has 0 radical (unpaired) electrons. The number of alkyl halides is 3. The van der Waals surface area contributed by atoms with E-state index in [0.29, 0.717) is 36.0 Å². The lowest BCUT2D eigenvalue weighted by molar-refractivity contribution is -0.138. The van der Waals surface area contributed by atoms with Crippen LogP contribution in [0.3, 0.4) is 0 Å². The highest BCUT2D eigenvalue weighted by Gasteiger charge is 2.56. The van der Waals surface area contributed by atoms with Crippen LogP contribution in [0.25, 0.3) is 0 Å². The van der Waals surface area contributed by atoms with Crippen molar-refractivity contribution in [2.24, 2.45) is 18.4 Å². The van der Waals surface area contributed by atoms with E-state index in [4.69, 9.17) is 0 Å². The maximum absolute atomic E-state index is 13.0. The highest BCUT2D eigenvalue weighted by molar-refractivity contribution is 6.02. The minimum Gasteiger partial charge on any atom is -0.347 e. The summed E-state index contributed by atoms with van der Waals surface area (Å²) in [6, 6.07) is 7.15. The average molecular weight is 461 g/mol. The Bertz CT molecular complexity index is 1120. The Hall–Kier alpha value is -3.62. The molecule has 9 nitrogen and oxygen atoms in total. The highest BCUT2D eigenvalue weighted by Crippen LogP contribution is 2.51. The summed E-state index contributed by atoms with van der Waals surface area (Å²) in [4.78, 5) is 30.6. The number of carbonyl (C=O) groups excluding carboxylic acids is 2. The Kier molecular flexibility index (Phi) is 5.73. The van der Waals surface area contributed by atoms with E-state index in [9.17, 15) is 28.0 Å². The molecule has 2 aromatic heterocycles. The van der Waals surface area contributed by atoms with Gasteiger partial charge in [0.1, 0.15) is 17.8 Å². The molecule has 0 aromatic carbocycles. The van der Waals surface area contributed by atoms with E-state index in [2.05, 4.69) is 21.5 Å². The molecule has 0 spiro atoms. The highest BCUT2D eigenvalue weighted by atomic mass is 19.4. The van der Waals surface area contributed by atoms with Crippen LogP contribution in [0, 0.1) is 22.7 Å². The number of nitrogens with zero attached hydrogens (tertiary/aromatic N) is 5. The minimum atomic E-state index is -4.48. The normalized spacial score (nSPS) is 20.6. The quantitative estimate of drug-likeness (QED) is 0.654. The Balaban J connectivity index is 1.43. The first-order valence-electron chi connectivity index (χ1n) is 10.4. The summed E-state index contributed by atoms with van der Waals surface area (Å²) < 4.78 is 38.2. The molecule has 2 aliphatic rings. The molecule has 2 fully saturated rings. The molecule has 2 aromatic rings. The van der Waals surface area contributed by atoms with E-state index in [0.717, 1.165) is 12.8 Å². The van der Waals surface area contributed by atoms with Crippen LogP contribution in [-0.4, -0.2) is 45.8 Å². The van der Waals surface area contributed by atoms with Crippen LogP contribution in [0.2, 0.25) is 0 Å². The van der Waals surface area contributed by atoms with Gasteiger partial charge in [0.15, 0.2) is 5.82 Å². The van der Waals surface area contributed by atoms with Crippen molar-refractivity contribution in [2.45, 2.75) is 31.9 Å². The number of carbonyl (C=O) groups is 2. The number of hydrogen-bond donors (Lipinski definition) is 2. The second kappa shape index (κ2) is 8.38. The van der Waals surface area contributed by atoms with E-state index in [1.165, 1.54) is 16.9 Å². The SMILES string of the molecule is Cn1nc(Nc2cc(N3CC[C@@](C#N)(C4CC4)C3=O)ccn2)cc1CC(=O)NCC(F)(F)F. The van der Waals surface area contributed by atoms with Gasteiger partial charge in [-0.15, -0.1) is 0 Å². The standard InChI is InChI=1S/C21H22F3N7O2/c1-30-15(10-18(32)27-12-21(22,23)24)9-17(29-30)28-16-8-14(4-6-26-16)31-7-5-20(11-25,19(31)33)13-2-3-13/h4,6,8-9,13H,2-3,5,7,10,12H2,1H3,(H,27,32)(H,26,28,29)/t20-/m1/s1. The fourth-order valence-electron chi connectivity index (χ4n) is 4.08. The van der Waals surface area contributed by atoms with Crippen LogP contribution in [0.15, 0.2) is 24.4 Å². The maximum atomic E-state index is 13.0. The first kappa shape index (κ1) is 22.6. The van der Waals surface area contributed by atoms with Gasteiger partial charge in [-0.05, 0) is 31.2 Å². The number of aromatic nitrogens is 3. The first-order valence-corrected chi connectivity index (χ1v) is 10.4. The lowest BCUT2D eigenvalue weighted by Gasteiger charge is -2.21. The average Bonchev–Trinajstić information content (AvgIpc) is 3.48. The zero-order valence-electron chi connectivity index (χ0n) is 17.8. The number of nitrogens with one attached hydrogen (secondary N) is 2. The Morgan fingerprint density at radius 2 is 2.09 bits per heavy atom. The molecule has 2 amide bonds. The van der Waals surface area contributed by atoms with Gasteiger partial charge in [0.2, 0.25) is 11.8 Å². The second-order valence-electron chi connectivity index (χ2n) is 8.30. The summed E-state index contributed by atoms with van der Waals surface area (Å²) >= 11 is 0. The number of anilines is 3. The molecule has 3 heterocycles. The topological polar surface area (TPSA) is 116 Å². The van der Waals surface area contributed by atoms with E-state index < -0.39 is 24.0 Å². The van der Waals surface area contributed by atoms with Gasteiger partial charge in [0, 0.05) is 43.3 Å². The van der Waals surface area contributed by atoms with Crippen molar-refractivity contribution in [3.05, 3.63) is 30.1 Å². The summed E-state index contributed by atoms with van der Waals surface area (Å²) in [5.74, 6) is -0.0919. The van der Waals surface area contributed by atoms with Crippen molar-refractivity contribution in [3.8, 4) is 6.07 Å². The number of amides is 2. The smallest absolute Gasteiger partial charge is 0.347 e. The molecule has 0 unspecified atom stereocenters. The van der Waals surface area contributed by atoms with Crippen LogP contribution in [0.1, 0.15) is 25.0 Å². The second-order valence-corrected chi connectivity index (χ2v) is 8.30. The van der Waals surface area contributed by atoms with Crippen molar-refractivity contribution in [2.75, 3.05) is 23.3 Å². The molecule has 1 atom stereocenters. The molecule has 0 bridgehead atoms. The largest absolute Gasteiger partial charge is 0.405 e. The number of hydrogen-bond acceptors (Lipinski definition) is 6. The Morgan fingerprint density at radius 3 is 2.76 bits per heavy atom. The minimum absolute atomic E-state index is 0.125. The number of aryl methyl sites for hydroxylation is 1. The maximum Gasteiger partial charge on any atom is 0.405 e. The Morgan fingerprint density at radius 1 is 1.33 bits per heavy atom. The molecule has 2 N–H and O–H groups in total. The third-order valence-corrected chi connectivity index (χ3v) is 5.95. The van der Waals surface area contributed by atoms with Crippen LogP contribution in [-0.2, 0) is 23.1 Å². The molecule has 4 rings (SSSR count). The number of nitriles is 1. The number of pyridine rings is 1. The number of rotatable bonds is 7. The van der Waals surface area contributed by atoms with Crippen molar-refractivity contribution in [3.63, 3.8) is 0 Å². The van der Waals surface area contributed by atoms with E-state index >= 15 is 0 Å². The van der Waals surface area contributed by atoms with Crippen molar-refractivity contribution >= 4 is 29.1 Å². The fourth-order valence-corrected chi connectivity index (χ4v) is 4.08. The van der Waals surface area contributed by atoms with E-state index in [-0.39, 0.29) is 18.2 Å². The van der Waals surface area contributed by atoms with Gasteiger partial charge < -0.3 is 15.5 Å². The fraction of sp³-hybridized carbons (Fsp3) is 0.476. The molecule has 174 valence electrons. The first-order chi connectivity index (χ1) is 15.6. The van der Waals surface area contributed by atoms with E-state index in [1.807, 2.05) is 5.32 Å². The van der Waals surface area contributed by atoms with Crippen molar-refractivity contribution in [1.29, 1.82) is 5.26 Å². The molecular formula is C21H22F3N7O2. The van der Waals surface area contributed by atoms with Crippen molar-refractivity contribution < 1.29 is 22.8 Å². The molecule has 1 saturated carbocycles. The van der Waals surface area contributed by atoms with Crippen LogP contribution < -0.4 is 15.5 Å². The summed E-state index contributed by atoms with van der Waals surface area (Å²) in [7, 11) is 1.57. The predicted octanol–water partition coefficient (Wildman–Crippen LogP) is 2.44. The summed E-state index contributed by atoms with van der Waals surface area (Å²) in [6.07, 6.45) is -0.928. The van der Waals surface area contributed by atoms with Crippen LogP contribution >= 0.6 is 0 Å². The third-order valence-electron chi connectivity index (χ3n) is 5.95. The summed E-state index contributed by atoms with van der Waals surface area (Å²) in [6.45, 7) is -0.943. The van der Waals surface area contributed by atoms with Gasteiger partial charge in [-0.3, -0.25) is 14.3 Å². The Labute approximate surface area is 187 Å². The van der Waals surface area contributed by atoms with Crippen LogP contribution in [0.5, 0.6) is 0 Å². The summed E-state index contributed by atoms with van der Waals surface area (Å²) in [5.41, 5.74) is 0.0728. The summed E-state index contributed by atoms with van der Waals surface area (Å²) in [5, 5.41) is 18.7. The number of halogens is 3. The predicted molar refractivity (Wildman–Crippen MR) is 111 cm³/mol. The van der Waals surface area contributed by atoms with Gasteiger partial charge in [0.05, 0.1) is 12.5 Å². The van der Waals surface area contributed by atoms with Crippen molar-refractivity contribution in [1.82, 2.24) is 20.1 Å². The third kappa shape index (κ3) is 4.76. The molecule has 1 aliphatic heterocycles. The van der Waals surface area contributed by atoms with Gasteiger partial charge in [0.25, 0.3) is 0 Å². The van der Waals surface area contributed by atoms with Crippen LogP contribution in [0.4, 0.5) is 30.5 Å². The van der Waals surface area contributed by atoms with E-state index in [1.54, 1.807) is 24.1 Å². The molecule has 1 saturated heterocycles. The zero-order chi connectivity index (χ0) is 23.8. The zero-order valence-corrected chi connectivity index (χ0v) is 17.8. The lowest BCUT2D eigenvalue weighted by atomic mass is 9.83. The lowest BCUT2D eigenvalue weighted by Crippen LogP contribution is -2.35. The van der Waals surface area contributed by atoms with Gasteiger partial charge in [-0.25, -0.2) is 4.98 Å². The van der Waals surface area contributed by atoms with Gasteiger partial charge >= 0.3 is 6.18 Å². The molecule has 1 aliphatic carbocycles. The van der Waals surface area contributed by atoms with Gasteiger partial charge in [-0.1, -0.05) is 0 Å². The molecular weight excluding hydrogens is 439 g/mol. The van der Waals surface area contributed by atoms with Gasteiger partial charge in [-0.2, -0.15) is 23.5 Å². The monoisotopic (exact) mass is 461 g/mol. The molecule has 12 heteroatoms. The molecule has 33 heavy (non-hydrogen) atoms.